The number of nitrogens with zero attached hydrogens (tertiary/aromatic N) is 1. The molecule has 1 rings (SSSR count). The number of amidine groups is 1. The molecule has 0 atom stereocenters. The molecule has 1 aromatic rings. The van der Waals surface area contributed by atoms with Gasteiger partial charge in [-0.25, -0.2) is 5.84 Å². The second-order valence-electron chi connectivity index (χ2n) is 2.35. The normalized spacial score (nSPS) is 11.7. The van der Waals surface area contributed by atoms with Crippen molar-refractivity contribution in [3.8, 4) is 0 Å². The summed E-state index contributed by atoms with van der Waals surface area (Å²) >= 11 is 1.63. The minimum Gasteiger partial charge on any atom is -0.308 e. The van der Waals surface area contributed by atoms with Crippen LogP contribution in [0.1, 0.15) is 18.2 Å². The fourth-order valence-electron chi connectivity index (χ4n) is 0.832. The predicted octanol–water partition coefficient (Wildman–Crippen LogP) is 1.37. The van der Waals surface area contributed by atoms with E-state index in [0.717, 1.165) is 23.7 Å². The molecule has 0 unspecified atom stereocenters. The predicted molar refractivity (Wildman–Crippen MR) is 53.3 cm³/mol. The Balaban J connectivity index is 2.69. The largest absolute Gasteiger partial charge is 0.308 e. The van der Waals surface area contributed by atoms with Crippen molar-refractivity contribution in [3.05, 3.63) is 22.4 Å². The number of hydrogen-bond donors (Lipinski definition) is 2. The van der Waals surface area contributed by atoms with Crippen molar-refractivity contribution in [1.29, 1.82) is 0 Å². The number of hydrazine groups is 1. The highest BCUT2D eigenvalue weighted by Gasteiger charge is 1.99. The average molecular weight is 183 g/mol. The number of nitrogens with one attached hydrogen (secondary N) is 1. The van der Waals surface area contributed by atoms with Crippen LogP contribution in [0, 0.1) is 0 Å². The van der Waals surface area contributed by atoms with E-state index >= 15 is 0 Å². The maximum Gasteiger partial charge on any atom is 0.152 e. The Hall–Kier alpha value is -0.870. The molecule has 0 aliphatic carbocycles. The van der Waals surface area contributed by atoms with Crippen LogP contribution in [0.25, 0.3) is 0 Å². The quantitative estimate of drug-likeness (QED) is 0.322. The summed E-state index contributed by atoms with van der Waals surface area (Å²) < 4.78 is 0. The van der Waals surface area contributed by atoms with Gasteiger partial charge in [0.2, 0.25) is 0 Å². The zero-order valence-electron chi connectivity index (χ0n) is 7.08. The number of rotatable bonds is 3. The third kappa shape index (κ3) is 2.32. The van der Waals surface area contributed by atoms with Gasteiger partial charge in [-0.3, -0.25) is 4.99 Å². The molecule has 0 aliphatic heterocycles. The van der Waals surface area contributed by atoms with Gasteiger partial charge in [0.1, 0.15) is 0 Å². The van der Waals surface area contributed by atoms with Gasteiger partial charge in [0.15, 0.2) is 5.84 Å². The summed E-state index contributed by atoms with van der Waals surface area (Å²) in [4.78, 5) is 5.38. The minimum absolute atomic E-state index is 0.784. The van der Waals surface area contributed by atoms with Crippen molar-refractivity contribution in [1.82, 2.24) is 5.43 Å². The van der Waals surface area contributed by atoms with Crippen LogP contribution in [0.15, 0.2) is 22.5 Å². The fraction of sp³-hybridized carbons (Fsp3) is 0.375. The molecule has 12 heavy (non-hydrogen) atoms. The molecule has 0 radical (unpaired) electrons. The molecule has 3 nitrogen and oxygen atoms in total. The van der Waals surface area contributed by atoms with Crippen molar-refractivity contribution < 1.29 is 0 Å². The zero-order valence-corrected chi connectivity index (χ0v) is 7.90. The molecule has 0 saturated heterocycles. The van der Waals surface area contributed by atoms with Crippen molar-refractivity contribution in [3.63, 3.8) is 0 Å². The first-order valence-electron chi connectivity index (χ1n) is 3.93. The number of aliphatic imine (C=N–C) groups is 1. The maximum atomic E-state index is 5.33. The van der Waals surface area contributed by atoms with Crippen LogP contribution < -0.4 is 11.3 Å². The molecule has 3 N–H and O–H groups in total. The van der Waals surface area contributed by atoms with E-state index in [1.807, 2.05) is 17.5 Å². The van der Waals surface area contributed by atoms with Crippen molar-refractivity contribution in [2.45, 2.75) is 13.3 Å². The van der Waals surface area contributed by atoms with Crippen LogP contribution in [0.4, 0.5) is 0 Å². The van der Waals surface area contributed by atoms with Crippen molar-refractivity contribution in [2.75, 3.05) is 6.54 Å². The maximum absolute atomic E-state index is 5.33. The minimum atomic E-state index is 0.784. The molecule has 0 fully saturated rings. The summed E-state index contributed by atoms with van der Waals surface area (Å²) in [6.45, 7) is 2.91. The first-order valence-corrected chi connectivity index (χ1v) is 4.81. The van der Waals surface area contributed by atoms with Crippen molar-refractivity contribution >= 4 is 17.2 Å². The lowest BCUT2D eigenvalue weighted by molar-refractivity contribution is 0.909. The molecular formula is C8H13N3S. The van der Waals surface area contributed by atoms with Crippen LogP contribution in [-0.4, -0.2) is 12.4 Å². The Morgan fingerprint density at radius 2 is 2.58 bits per heavy atom. The van der Waals surface area contributed by atoms with Gasteiger partial charge in [-0.05, 0) is 17.9 Å². The van der Waals surface area contributed by atoms with Crippen LogP contribution in [0.3, 0.4) is 0 Å². The Kier molecular flexibility index (Phi) is 3.76. The molecule has 0 aliphatic rings. The van der Waals surface area contributed by atoms with Crippen LogP contribution in [0.5, 0.6) is 0 Å². The number of thiophene rings is 1. The van der Waals surface area contributed by atoms with Crippen molar-refractivity contribution in [2.24, 2.45) is 10.8 Å². The Labute approximate surface area is 76.3 Å². The van der Waals surface area contributed by atoms with E-state index in [4.69, 9.17) is 5.84 Å². The van der Waals surface area contributed by atoms with E-state index in [0.29, 0.717) is 0 Å². The third-order valence-electron chi connectivity index (χ3n) is 1.38. The highest BCUT2D eigenvalue weighted by atomic mass is 32.1. The van der Waals surface area contributed by atoms with Gasteiger partial charge in [0.05, 0.1) is 4.88 Å². The van der Waals surface area contributed by atoms with Gasteiger partial charge in [-0.15, -0.1) is 11.3 Å². The van der Waals surface area contributed by atoms with Crippen LogP contribution in [0.2, 0.25) is 0 Å². The van der Waals surface area contributed by atoms with E-state index in [-0.39, 0.29) is 0 Å². The van der Waals surface area contributed by atoms with Gasteiger partial charge < -0.3 is 5.43 Å². The Morgan fingerprint density at radius 3 is 3.08 bits per heavy atom. The second kappa shape index (κ2) is 4.90. The molecular weight excluding hydrogens is 170 g/mol. The third-order valence-corrected chi connectivity index (χ3v) is 2.26. The van der Waals surface area contributed by atoms with Gasteiger partial charge in [0.25, 0.3) is 0 Å². The van der Waals surface area contributed by atoms with Crippen LogP contribution in [-0.2, 0) is 0 Å². The first kappa shape index (κ1) is 9.22. The van der Waals surface area contributed by atoms with E-state index in [2.05, 4.69) is 17.3 Å². The molecule has 0 saturated carbocycles. The van der Waals surface area contributed by atoms with Gasteiger partial charge >= 0.3 is 0 Å². The average Bonchev–Trinajstić information content (AvgIpc) is 2.59. The summed E-state index contributed by atoms with van der Waals surface area (Å²) in [7, 11) is 0. The zero-order chi connectivity index (χ0) is 8.81. The van der Waals surface area contributed by atoms with E-state index in [1.54, 1.807) is 11.3 Å². The summed E-state index contributed by atoms with van der Waals surface area (Å²) in [6, 6.07) is 3.98. The molecule has 4 heteroatoms. The molecule has 0 aromatic carbocycles. The number of nitrogens with two attached hydrogens (primary N) is 1. The molecule has 66 valence electrons. The first-order chi connectivity index (χ1) is 5.88. The van der Waals surface area contributed by atoms with E-state index in [1.165, 1.54) is 0 Å². The summed E-state index contributed by atoms with van der Waals surface area (Å²) in [5, 5.41) is 2.01. The standard InChI is InChI=1S/C8H13N3S/c1-2-5-10-8(11-9)7-4-3-6-12-7/h3-4,6H,2,5,9H2,1H3,(H,10,11). The lowest BCUT2D eigenvalue weighted by atomic mass is 10.4. The summed E-state index contributed by atoms with van der Waals surface area (Å²) in [6.07, 6.45) is 1.04. The molecule has 0 spiro atoms. The molecule has 1 heterocycles. The molecule has 1 aromatic heterocycles. The Morgan fingerprint density at radius 1 is 1.75 bits per heavy atom. The van der Waals surface area contributed by atoms with Gasteiger partial charge in [-0.1, -0.05) is 13.0 Å². The lowest BCUT2D eigenvalue weighted by Crippen LogP contribution is -2.30. The SMILES string of the molecule is CCCN=C(NN)c1cccs1. The van der Waals surface area contributed by atoms with Crippen LogP contribution >= 0.6 is 11.3 Å². The lowest BCUT2D eigenvalue weighted by Gasteiger charge is -2.01. The van der Waals surface area contributed by atoms with E-state index < -0.39 is 0 Å². The van der Waals surface area contributed by atoms with E-state index in [9.17, 15) is 0 Å². The van der Waals surface area contributed by atoms with Gasteiger partial charge in [0, 0.05) is 6.54 Å². The smallest absolute Gasteiger partial charge is 0.152 e. The summed E-state index contributed by atoms with van der Waals surface area (Å²) in [5.74, 6) is 6.11. The monoisotopic (exact) mass is 183 g/mol. The van der Waals surface area contributed by atoms with Gasteiger partial charge in [-0.2, -0.15) is 0 Å². The Bertz CT molecular complexity index is 241. The molecule has 0 bridgehead atoms. The number of hydrogen-bond acceptors (Lipinski definition) is 3. The second-order valence-corrected chi connectivity index (χ2v) is 3.30. The topological polar surface area (TPSA) is 50.4 Å². The highest BCUT2D eigenvalue weighted by molar-refractivity contribution is 7.12. The molecule has 0 amide bonds. The highest BCUT2D eigenvalue weighted by Crippen LogP contribution is 2.08. The summed E-state index contributed by atoms with van der Waals surface area (Å²) in [5.41, 5.74) is 2.60. The fourth-order valence-corrected chi connectivity index (χ4v) is 1.53.